The second-order valence-electron chi connectivity index (χ2n) is 4.33. The Balaban J connectivity index is 1.72. The molecule has 2 saturated heterocycles. The first-order valence-electron chi connectivity index (χ1n) is 5.69. The van der Waals surface area contributed by atoms with Gasteiger partial charge in [-0.2, -0.15) is 0 Å². The fraction of sp³-hybridized carbons (Fsp3) is 1.00. The normalized spacial score (nSPS) is 35.8. The second kappa shape index (κ2) is 5.31. The van der Waals surface area contributed by atoms with Crippen LogP contribution in [0.5, 0.6) is 0 Å². The lowest BCUT2D eigenvalue weighted by atomic mass is 10.0. The Morgan fingerprint density at radius 1 is 1.00 bits per heavy atom. The first kappa shape index (κ1) is 10.7. The van der Waals surface area contributed by atoms with Crippen molar-refractivity contribution in [3.8, 4) is 0 Å². The molecule has 82 valence electrons. The van der Waals surface area contributed by atoms with Gasteiger partial charge in [0.15, 0.2) is 0 Å². The summed E-state index contributed by atoms with van der Waals surface area (Å²) < 4.78 is 0. The molecule has 3 nitrogen and oxygen atoms in total. The number of halogens is 1. The molecule has 2 fully saturated rings. The molecule has 4 heteroatoms. The predicted molar refractivity (Wildman–Crippen MR) is 59.7 cm³/mol. The summed E-state index contributed by atoms with van der Waals surface area (Å²) in [5.74, 6) is 0. The van der Waals surface area contributed by atoms with E-state index in [0.29, 0.717) is 12.1 Å². The number of nitrogens with one attached hydrogen (secondary N) is 3. The maximum absolute atomic E-state index is 6.07. The zero-order chi connectivity index (χ0) is 9.80. The van der Waals surface area contributed by atoms with Crippen LogP contribution in [0, 0.1) is 0 Å². The summed E-state index contributed by atoms with van der Waals surface area (Å²) >= 11 is 6.07. The van der Waals surface area contributed by atoms with Gasteiger partial charge in [-0.1, -0.05) is 0 Å². The highest BCUT2D eigenvalue weighted by Gasteiger charge is 2.22. The molecule has 0 spiro atoms. The van der Waals surface area contributed by atoms with E-state index in [1.807, 2.05) is 0 Å². The number of piperidine rings is 2. The fourth-order valence-electron chi connectivity index (χ4n) is 2.34. The molecule has 0 aromatic heterocycles. The van der Waals surface area contributed by atoms with Gasteiger partial charge >= 0.3 is 0 Å². The van der Waals surface area contributed by atoms with E-state index < -0.39 is 0 Å². The molecule has 0 aliphatic carbocycles. The molecule has 0 saturated carbocycles. The quantitative estimate of drug-likeness (QED) is 0.470. The van der Waals surface area contributed by atoms with Crippen molar-refractivity contribution in [1.29, 1.82) is 0 Å². The molecule has 2 aliphatic heterocycles. The summed E-state index contributed by atoms with van der Waals surface area (Å²) in [6.07, 6.45) is 4.80. The van der Waals surface area contributed by atoms with E-state index in [2.05, 4.69) is 16.0 Å². The van der Waals surface area contributed by atoms with Gasteiger partial charge in [0.1, 0.15) is 0 Å². The highest BCUT2D eigenvalue weighted by Crippen LogP contribution is 2.14. The largest absolute Gasteiger partial charge is 0.317 e. The third-order valence-corrected chi connectivity index (χ3v) is 3.49. The molecule has 2 rings (SSSR count). The van der Waals surface area contributed by atoms with Gasteiger partial charge < -0.3 is 16.0 Å². The van der Waals surface area contributed by atoms with E-state index in [0.717, 1.165) is 26.1 Å². The van der Waals surface area contributed by atoms with Crippen LogP contribution >= 0.6 is 11.6 Å². The Morgan fingerprint density at radius 3 is 2.43 bits per heavy atom. The van der Waals surface area contributed by atoms with Gasteiger partial charge in [0.05, 0.1) is 5.50 Å². The van der Waals surface area contributed by atoms with E-state index in [-0.39, 0.29) is 5.50 Å². The maximum Gasteiger partial charge on any atom is 0.0840 e. The summed E-state index contributed by atoms with van der Waals surface area (Å²) in [7, 11) is 0. The molecule has 2 aliphatic rings. The molecule has 0 aromatic rings. The first-order valence-corrected chi connectivity index (χ1v) is 6.12. The standard InChI is InChI=1S/C10H20ClN3/c11-10-7-9(3-6-13-10)14-8-1-4-12-5-2-8/h8-10,12-14H,1-7H2. The van der Waals surface area contributed by atoms with Crippen LogP contribution in [0.2, 0.25) is 0 Å². The van der Waals surface area contributed by atoms with Gasteiger partial charge in [-0.15, -0.1) is 11.6 Å². The van der Waals surface area contributed by atoms with Crippen molar-refractivity contribution in [2.24, 2.45) is 0 Å². The molecule has 0 bridgehead atoms. The van der Waals surface area contributed by atoms with Gasteiger partial charge in [-0.25, -0.2) is 0 Å². The van der Waals surface area contributed by atoms with Crippen LogP contribution in [0.25, 0.3) is 0 Å². The maximum atomic E-state index is 6.07. The number of hydrogen-bond acceptors (Lipinski definition) is 3. The van der Waals surface area contributed by atoms with E-state index >= 15 is 0 Å². The summed E-state index contributed by atoms with van der Waals surface area (Å²) in [6.45, 7) is 3.37. The molecule has 0 radical (unpaired) electrons. The van der Waals surface area contributed by atoms with Gasteiger partial charge in [0.2, 0.25) is 0 Å². The van der Waals surface area contributed by atoms with Crippen molar-refractivity contribution >= 4 is 11.6 Å². The minimum absolute atomic E-state index is 0.169. The van der Waals surface area contributed by atoms with Crippen molar-refractivity contribution in [3.05, 3.63) is 0 Å². The minimum Gasteiger partial charge on any atom is -0.317 e. The average molecular weight is 218 g/mol. The van der Waals surface area contributed by atoms with Crippen molar-refractivity contribution in [3.63, 3.8) is 0 Å². The number of rotatable bonds is 2. The van der Waals surface area contributed by atoms with Gasteiger partial charge in [0, 0.05) is 12.1 Å². The molecule has 0 aromatic carbocycles. The molecule has 3 N–H and O–H groups in total. The zero-order valence-corrected chi connectivity index (χ0v) is 9.32. The Bertz CT molecular complexity index is 171. The van der Waals surface area contributed by atoms with Gasteiger partial charge in [-0.05, 0) is 45.3 Å². The van der Waals surface area contributed by atoms with Crippen LogP contribution < -0.4 is 16.0 Å². The molecular weight excluding hydrogens is 198 g/mol. The van der Waals surface area contributed by atoms with E-state index in [1.54, 1.807) is 0 Å². The Kier molecular flexibility index (Phi) is 4.05. The minimum atomic E-state index is 0.169. The third-order valence-electron chi connectivity index (χ3n) is 3.16. The summed E-state index contributed by atoms with van der Waals surface area (Å²) in [5.41, 5.74) is 0.169. The molecule has 0 amide bonds. The highest BCUT2D eigenvalue weighted by atomic mass is 35.5. The molecule has 2 heterocycles. The second-order valence-corrected chi connectivity index (χ2v) is 4.86. The van der Waals surface area contributed by atoms with E-state index in [1.165, 1.54) is 19.3 Å². The van der Waals surface area contributed by atoms with Crippen LogP contribution in [-0.2, 0) is 0 Å². The molecule has 14 heavy (non-hydrogen) atoms. The topological polar surface area (TPSA) is 36.1 Å². The fourth-order valence-corrected chi connectivity index (χ4v) is 2.66. The monoisotopic (exact) mass is 217 g/mol. The van der Waals surface area contributed by atoms with E-state index in [9.17, 15) is 0 Å². The van der Waals surface area contributed by atoms with Crippen molar-refractivity contribution in [1.82, 2.24) is 16.0 Å². The van der Waals surface area contributed by atoms with Crippen LogP contribution in [0.3, 0.4) is 0 Å². The van der Waals surface area contributed by atoms with Crippen LogP contribution in [0.1, 0.15) is 25.7 Å². The Labute approximate surface area is 91.0 Å². The summed E-state index contributed by atoms with van der Waals surface area (Å²) in [6, 6.07) is 1.34. The number of hydrogen-bond donors (Lipinski definition) is 3. The molecule has 2 atom stereocenters. The molecule has 2 unspecified atom stereocenters. The van der Waals surface area contributed by atoms with Crippen molar-refractivity contribution < 1.29 is 0 Å². The molecular formula is C10H20ClN3. The highest BCUT2D eigenvalue weighted by molar-refractivity contribution is 6.20. The smallest absolute Gasteiger partial charge is 0.0840 e. The van der Waals surface area contributed by atoms with E-state index in [4.69, 9.17) is 11.6 Å². The Morgan fingerprint density at radius 2 is 1.71 bits per heavy atom. The lowest BCUT2D eigenvalue weighted by Gasteiger charge is -2.33. The van der Waals surface area contributed by atoms with Crippen LogP contribution in [0.4, 0.5) is 0 Å². The zero-order valence-electron chi connectivity index (χ0n) is 8.56. The third kappa shape index (κ3) is 3.09. The van der Waals surface area contributed by atoms with Crippen LogP contribution in [-0.4, -0.2) is 37.2 Å². The SMILES string of the molecule is ClC1CC(NC2CCNCC2)CCN1. The van der Waals surface area contributed by atoms with Crippen molar-refractivity contribution in [2.75, 3.05) is 19.6 Å². The lowest BCUT2D eigenvalue weighted by molar-refractivity contribution is 0.296. The lowest BCUT2D eigenvalue weighted by Crippen LogP contribution is -2.49. The summed E-state index contributed by atoms with van der Waals surface area (Å²) in [5, 5.41) is 10.4. The Hall–Kier alpha value is 0.170. The van der Waals surface area contributed by atoms with Gasteiger partial charge in [-0.3, -0.25) is 0 Å². The van der Waals surface area contributed by atoms with Gasteiger partial charge in [0.25, 0.3) is 0 Å². The first-order chi connectivity index (χ1) is 6.84. The number of alkyl halides is 1. The van der Waals surface area contributed by atoms with Crippen molar-refractivity contribution in [2.45, 2.75) is 43.3 Å². The predicted octanol–water partition coefficient (Wildman–Crippen LogP) is 0.645. The summed E-state index contributed by atoms with van der Waals surface area (Å²) in [4.78, 5) is 0. The van der Waals surface area contributed by atoms with Crippen LogP contribution in [0.15, 0.2) is 0 Å². The average Bonchev–Trinajstić information content (AvgIpc) is 2.19.